The topological polar surface area (TPSA) is 60.9 Å². The molecule has 5 nitrogen and oxygen atoms in total. The fourth-order valence-corrected chi connectivity index (χ4v) is 3.46. The minimum absolute atomic E-state index is 0.195. The number of carbonyl (C=O) groups excluding carboxylic acids is 1. The number of fused-ring (bicyclic) bond motifs is 1. The Kier molecular flexibility index (Phi) is 4.88. The Labute approximate surface area is 129 Å². The molecule has 1 aliphatic heterocycles. The molecule has 1 atom stereocenters. The van der Waals surface area contributed by atoms with Crippen molar-refractivity contribution >= 4 is 23.3 Å². The van der Waals surface area contributed by atoms with Crippen molar-refractivity contribution in [3.8, 4) is 0 Å². The molecule has 0 spiro atoms. The lowest BCUT2D eigenvalue weighted by Gasteiger charge is -2.36. The normalized spacial score (nSPS) is 17.7. The summed E-state index contributed by atoms with van der Waals surface area (Å²) in [5.41, 5.74) is 0.768. The molecule has 2 heterocycles. The van der Waals surface area contributed by atoms with E-state index in [-0.39, 0.29) is 6.03 Å². The fraction of sp³-hybridized carbons (Fsp3) is 0.600. The van der Waals surface area contributed by atoms with Gasteiger partial charge in [-0.1, -0.05) is 13.8 Å². The lowest BCUT2D eigenvalue weighted by Crippen LogP contribution is -2.48. The number of rotatable bonds is 4. The van der Waals surface area contributed by atoms with Gasteiger partial charge in [-0.2, -0.15) is 0 Å². The summed E-state index contributed by atoms with van der Waals surface area (Å²) in [6, 6.07) is 0.778. The van der Waals surface area contributed by atoms with E-state index in [0.29, 0.717) is 19.0 Å². The number of carboxylic acids is 1. The number of carbonyl (C=O) groups is 2. The van der Waals surface area contributed by atoms with Crippen molar-refractivity contribution in [2.45, 2.75) is 32.7 Å². The van der Waals surface area contributed by atoms with Gasteiger partial charge in [0.1, 0.15) is 0 Å². The molecule has 1 aromatic heterocycles. The Hall–Kier alpha value is -1.56. The minimum Gasteiger partial charge on any atom is -0.479 e. The van der Waals surface area contributed by atoms with Crippen LogP contribution < -0.4 is 0 Å². The predicted molar refractivity (Wildman–Crippen MR) is 82.6 cm³/mol. The van der Waals surface area contributed by atoms with Crippen molar-refractivity contribution in [2.24, 2.45) is 5.92 Å². The second-order valence-corrected chi connectivity index (χ2v) is 6.87. The van der Waals surface area contributed by atoms with Gasteiger partial charge in [0.2, 0.25) is 0 Å². The van der Waals surface area contributed by atoms with Crippen LogP contribution in [0.4, 0.5) is 4.79 Å². The van der Waals surface area contributed by atoms with Gasteiger partial charge < -0.3 is 14.9 Å². The molecule has 1 unspecified atom stereocenters. The third-order valence-electron chi connectivity index (χ3n) is 3.81. The second kappa shape index (κ2) is 6.47. The van der Waals surface area contributed by atoms with Crippen LogP contribution in [0, 0.1) is 5.92 Å². The molecule has 2 amide bonds. The average molecular weight is 310 g/mol. The largest absolute Gasteiger partial charge is 0.479 e. The summed E-state index contributed by atoms with van der Waals surface area (Å²) in [5, 5.41) is 11.4. The maximum Gasteiger partial charge on any atom is 0.331 e. The van der Waals surface area contributed by atoms with Crippen LogP contribution in [0.3, 0.4) is 0 Å². The number of aliphatic carboxylic acids is 1. The summed E-state index contributed by atoms with van der Waals surface area (Å²) in [7, 11) is 1.74. The van der Waals surface area contributed by atoms with Gasteiger partial charge >= 0.3 is 12.0 Å². The molecule has 1 aromatic rings. The molecule has 0 bridgehead atoms. The van der Waals surface area contributed by atoms with E-state index in [9.17, 15) is 14.7 Å². The van der Waals surface area contributed by atoms with Crippen LogP contribution in [0.2, 0.25) is 0 Å². The van der Waals surface area contributed by atoms with Crippen LogP contribution in [-0.2, 0) is 11.2 Å². The molecule has 0 radical (unpaired) electrons. The van der Waals surface area contributed by atoms with Gasteiger partial charge in [0.05, 0.1) is 0 Å². The van der Waals surface area contributed by atoms with E-state index in [2.05, 4.69) is 13.8 Å². The Bertz CT molecular complexity index is 527. The molecular formula is C15H22N2O3S. The number of carboxylic acid groups (broad SMARTS) is 1. The molecular weight excluding hydrogens is 288 g/mol. The van der Waals surface area contributed by atoms with Gasteiger partial charge in [-0.3, -0.25) is 0 Å². The summed E-state index contributed by atoms with van der Waals surface area (Å²) in [6.45, 7) is 5.33. The SMILES string of the molecule is CC(C)CCN(C)C(=O)N1CCc2sccc2C1C(=O)O. The highest BCUT2D eigenvalue weighted by Gasteiger charge is 2.37. The highest BCUT2D eigenvalue weighted by molar-refractivity contribution is 7.10. The van der Waals surface area contributed by atoms with Crippen LogP contribution >= 0.6 is 11.3 Å². The molecule has 0 fully saturated rings. The zero-order chi connectivity index (χ0) is 15.6. The summed E-state index contributed by atoms with van der Waals surface area (Å²) in [6.07, 6.45) is 1.65. The number of nitrogens with zero attached hydrogens (tertiary/aromatic N) is 2. The molecule has 0 aromatic carbocycles. The summed E-state index contributed by atoms with van der Waals surface area (Å²) in [5.74, 6) is -0.444. The zero-order valence-electron chi connectivity index (χ0n) is 12.7. The lowest BCUT2D eigenvalue weighted by atomic mass is 10.0. The van der Waals surface area contributed by atoms with E-state index < -0.39 is 12.0 Å². The van der Waals surface area contributed by atoms with E-state index in [1.54, 1.807) is 23.3 Å². The van der Waals surface area contributed by atoms with Gasteiger partial charge in [0.25, 0.3) is 0 Å². The molecule has 0 saturated carbocycles. The first kappa shape index (κ1) is 15.8. The number of urea groups is 1. The highest BCUT2D eigenvalue weighted by atomic mass is 32.1. The Morgan fingerprint density at radius 3 is 2.86 bits per heavy atom. The van der Waals surface area contributed by atoms with Crippen LogP contribution in [0.15, 0.2) is 11.4 Å². The average Bonchev–Trinajstić information content (AvgIpc) is 2.90. The van der Waals surface area contributed by atoms with Gasteiger partial charge in [-0.25, -0.2) is 9.59 Å². The third-order valence-corrected chi connectivity index (χ3v) is 4.81. The highest BCUT2D eigenvalue weighted by Crippen LogP contribution is 2.34. The van der Waals surface area contributed by atoms with Crippen molar-refractivity contribution in [3.05, 3.63) is 21.9 Å². The van der Waals surface area contributed by atoms with E-state index in [1.165, 1.54) is 4.90 Å². The number of amides is 2. The Morgan fingerprint density at radius 2 is 2.24 bits per heavy atom. The zero-order valence-corrected chi connectivity index (χ0v) is 13.5. The van der Waals surface area contributed by atoms with E-state index in [1.807, 2.05) is 11.4 Å². The summed E-state index contributed by atoms with van der Waals surface area (Å²) in [4.78, 5) is 28.4. The molecule has 0 saturated heterocycles. The lowest BCUT2D eigenvalue weighted by molar-refractivity contribution is -0.143. The van der Waals surface area contributed by atoms with Crippen LogP contribution in [0.5, 0.6) is 0 Å². The Balaban J connectivity index is 2.15. The van der Waals surface area contributed by atoms with Crippen LogP contribution in [0.25, 0.3) is 0 Å². The summed E-state index contributed by atoms with van der Waals surface area (Å²) < 4.78 is 0. The predicted octanol–water partition coefficient (Wildman–Crippen LogP) is 2.83. The van der Waals surface area contributed by atoms with Gasteiger partial charge in [-0.15, -0.1) is 11.3 Å². The van der Waals surface area contributed by atoms with Gasteiger partial charge in [0, 0.05) is 25.0 Å². The maximum atomic E-state index is 12.5. The monoisotopic (exact) mass is 310 g/mol. The van der Waals surface area contributed by atoms with Crippen molar-refractivity contribution < 1.29 is 14.7 Å². The number of hydrogen-bond donors (Lipinski definition) is 1. The molecule has 1 aliphatic rings. The first-order valence-corrected chi connectivity index (χ1v) is 8.10. The standard InChI is InChI=1S/C15H22N2O3S/c1-10(2)4-7-16(3)15(20)17-8-5-12-11(6-9-21-12)13(17)14(18)19/h6,9-10,13H,4-5,7-8H2,1-3H3,(H,18,19). The Morgan fingerprint density at radius 1 is 1.52 bits per heavy atom. The second-order valence-electron chi connectivity index (χ2n) is 5.87. The third kappa shape index (κ3) is 3.37. The summed E-state index contributed by atoms with van der Waals surface area (Å²) >= 11 is 1.57. The van der Waals surface area contributed by atoms with Crippen molar-refractivity contribution in [1.29, 1.82) is 0 Å². The minimum atomic E-state index is -0.958. The van der Waals surface area contributed by atoms with E-state index in [0.717, 1.165) is 23.3 Å². The van der Waals surface area contributed by atoms with Crippen molar-refractivity contribution in [1.82, 2.24) is 9.80 Å². The van der Waals surface area contributed by atoms with E-state index in [4.69, 9.17) is 0 Å². The fourth-order valence-electron chi connectivity index (χ4n) is 2.56. The first-order valence-electron chi connectivity index (χ1n) is 7.22. The smallest absolute Gasteiger partial charge is 0.331 e. The number of hydrogen-bond acceptors (Lipinski definition) is 3. The van der Waals surface area contributed by atoms with Crippen LogP contribution in [0.1, 0.15) is 36.8 Å². The molecule has 2 rings (SSSR count). The van der Waals surface area contributed by atoms with Gasteiger partial charge in [-0.05, 0) is 35.8 Å². The molecule has 0 aliphatic carbocycles. The van der Waals surface area contributed by atoms with Gasteiger partial charge in [0.15, 0.2) is 6.04 Å². The molecule has 6 heteroatoms. The molecule has 21 heavy (non-hydrogen) atoms. The molecule has 1 N–H and O–H groups in total. The van der Waals surface area contributed by atoms with Crippen molar-refractivity contribution in [3.63, 3.8) is 0 Å². The first-order chi connectivity index (χ1) is 9.91. The van der Waals surface area contributed by atoms with Crippen LogP contribution in [-0.4, -0.2) is 47.0 Å². The van der Waals surface area contributed by atoms with E-state index >= 15 is 0 Å². The maximum absolute atomic E-state index is 12.5. The molecule has 116 valence electrons. The van der Waals surface area contributed by atoms with Crippen molar-refractivity contribution in [2.75, 3.05) is 20.1 Å². The number of thiophene rings is 1. The quantitative estimate of drug-likeness (QED) is 0.930.